The van der Waals surface area contributed by atoms with Crippen molar-refractivity contribution in [2.45, 2.75) is 65.6 Å². The minimum Gasteiger partial charge on any atom is -0.350 e. The van der Waals surface area contributed by atoms with Crippen LogP contribution in [0.5, 0.6) is 0 Å². The lowest BCUT2D eigenvalue weighted by Gasteiger charge is -2.23. The molecule has 1 atom stereocenters. The molecule has 1 aliphatic rings. The molecule has 2 aromatic rings. The Morgan fingerprint density at radius 1 is 1.18 bits per heavy atom. The van der Waals surface area contributed by atoms with Crippen LogP contribution in [0.3, 0.4) is 0 Å². The first-order valence-corrected chi connectivity index (χ1v) is 10.1. The number of amides is 2. The molecule has 1 saturated carbocycles. The lowest BCUT2D eigenvalue weighted by atomic mass is 9.97. The van der Waals surface area contributed by atoms with Gasteiger partial charge in [-0.15, -0.1) is 0 Å². The van der Waals surface area contributed by atoms with Gasteiger partial charge in [0.15, 0.2) is 0 Å². The predicted octanol–water partition coefficient (Wildman–Crippen LogP) is 2.86. The van der Waals surface area contributed by atoms with Gasteiger partial charge in [0.2, 0.25) is 11.8 Å². The quantitative estimate of drug-likeness (QED) is 0.773. The highest BCUT2D eigenvalue weighted by Gasteiger charge is 2.31. The van der Waals surface area contributed by atoms with Crippen LogP contribution in [0.1, 0.15) is 55.1 Å². The molecule has 28 heavy (non-hydrogen) atoms. The summed E-state index contributed by atoms with van der Waals surface area (Å²) in [5.41, 5.74) is 4.21. The number of aromatic nitrogens is 2. The molecule has 6 nitrogen and oxygen atoms in total. The van der Waals surface area contributed by atoms with E-state index < -0.39 is 6.04 Å². The Kier molecular flexibility index (Phi) is 6.49. The van der Waals surface area contributed by atoms with Crippen molar-refractivity contribution < 1.29 is 9.59 Å². The van der Waals surface area contributed by atoms with Crippen LogP contribution in [-0.4, -0.2) is 27.6 Å². The average Bonchev–Trinajstić information content (AvgIpc) is 3.28. The van der Waals surface area contributed by atoms with Crippen molar-refractivity contribution in [1.29, 1.82) is 0 Å². The van der Waals surface area contributed by atoms with E-state index in [2.05, 4.69) is 27.9 Å². The zero-order chi connectivity index (χ0) is 20.1. The largest absolute Gasteiger partial charge is 0.350 e. The van der Waals surface area contributed by atoms with Crippen LogP contribution in [0.4, 0.5) is 0 Å². The van der Waals surface area contributed by atoms with Crippen molar-refractivity contribution in [2.24, 2.45) is 5.92 Å². The van der Waals surface area contributed by atoms with Crippen molar-refractivity contribution in [3.05, 3.63) is 52.8 Å². The maximum atomic E-state index is 12.8. The van der Waals surface area contributed by atoms with Gasteiger partial charge in [-0.1, -0.05) is 43.2 Å². The van der Waals surface area contributed by atoms with Gasteiger partial charge in [-0.3, -0.25) is 14.3 Å². The fourth-order valence-electron chi connectivity index (χ4n) is 4.09. The van der Waals surface area contributed by atoms with Crippen LogP contribution >= 0.6 is 0 Å². The first-order valence-electron chi connectivity index (χ1n) is 10.1. The van der Waals surface area contributed by atoms with E-state index in [1.165, 1.54) is 12.5 Å². The van der Waals surface area contributed by atoms with Crippen molar-refractivity contribution >= 4 is 11.8 Å². The van der Waals surface area contributed by atoms with Gasteiger partial charge in [0, 0.05) is 24.7 Å². The second kappa shape index (κ2) is 9.04. The molecule has 1 aromatic heterocycles. The number of hydrogen-bond acceptors (Lipinski definition) is 3. The molecule has 1 fully saturated rings. The molecule has 0 aliphatic heterocycles. The maximum Gasteiger partial charge on any atom is 0.243 e. The highest BCUT2D eigenvalue weighted by Crippen LogP contribution is 2.28. The number of rotatable bonds is 7. The highest BCUT2D eigenvalue weighted by molar-refractivity contribution is 5.87. The Balaban J connectivity index is 1.67. The molecule has 3 rings (SSSR count). The summed E-state index contributed by atoms with van der Waals surface area (Å²) in [6.45, 7) is 6.61. The lowest BCUT2D eigenvalue weighted by Crippen LogP contribution is -2.49. The Hall–Kier alpha value is -2.63. The average molecular weight is 383 g/mol. The van der Waals surface area contributed by atoms with Gasteiger partial charge >= 0.3 is 0 Å². The van der Waals surface area contributed by atoms with Gasteiger partial charge in [0.1, 0.15) is 6.04 Å². The highest BCUT2D eigenvalue weighted by atomic mass is 16.2. The van der Waals surface area contributed by atoms with Gasteiger partial charge < -0.3 is 10.6 Å². The van der Waals surface area contributed by atoms with Crippen LogP contribution in [0.25, 0.3) is 0 Å². The van der Waals surface area contributed by atoms with Crippen LogP contribution in [-0.2, 0) is 22.7 Å². The molecular weight excluding hydrogens is 352 g/mol. The number of carbonyl (C=O) groups excluding carboxylic acids is 2. The number of nitrogens with one attached hydrogen (secondary N) is 2. The number of nitrogens with zero attached hydrogens (tertiary/aromatic N) is 2. The van der Waals surface area contributed by atoms with Crippen LogP contribution in [0, 0.1) is 19.8 Å². The molecule has 150 valence electrons. The van der Waals surface area contributed by atoms with Crippen molar-refractivity contribution in [1.82, 2.24) is 20.4 Å². The zero-order valence-corrected chi connectivity index (χ0v) is 17.0. The summed E-state index contributed by atoms with van der Waals surface area (Å²) in [5.74, 6) is -0.0290. The van der Waals surface area contributed by atoms with E-state index in [1.54, 1.807) is 0 Å². The molecule has 6 heteroatoms. The molecule has 1 aliphatic carbocycles. The Morgan fingerprint density at radius 3 is 2.50 bits per heavy atom. The minimum atomic E-state index is -0.444. The summed E-state index contributed by atoms with van der Waals surface area (Å²) in [6.07, 6.45) is 4.23. The third kappa shape index (κ3) is 4.80. The normalized spacial score (nSPS) is 15.4. The van der Waals surface area contributed by atoms with Gasteiger partial charge in [0.25, 0.3) is 0 Å². The van der Waals surface area contributed by atoms with Gasteiger partial charge in [-0.25, -0.2) is 0 Å². The van der Waals surface area contributed by atoms with E-state index >= 15 is 0 Å². The molecular formula is C22H30N4O2. The smallest absolute Gasteiger partial charge is 0.243 e. The first-order chi connectivity index (χ1) is 13.5. The fraction of sp³-hybridized carbons (Fsp3) is 0.500. The van der Waals surface area contributed by atoms with Crippen molar-refractivity contribution in [3.8, 4) is 0 Å². The number of aryl methyl sites for hydroxylation is 1. The Labute approximate surface area is 166 Å². The van der Waals surface area contributed by atoms with Gasteiger partial charge in [0.05, 0.1) is 12.2 Å². The van der Waals surface area contributed by atoms with Crippen molar-refractivity contribution in [3.63, 3.8) is 0 Å². The maximum absolute atomic E-state index is 12.8. The molecule has 2 amide bonds. The summed E-state index contributed by atoms with van der Waals surface area (Å²) >= 11 is 0. The third-order valence-electron chi connectivity index (χ3n) is 5.66. The van der Waals surface area contributed by atoms with E-state index in [0.29, 0.717) is 13.1 Å². The summed E-state index contributed by atoms with van der Waals surface area (Å²) in [7, 11) is 0. The Bertz CT molecular complexity index is 823. The zero-order valence-electron chi connectivity index (χ0n) is 17.0. The van der Waals surface area contributed by atoms with Crippen molar-refractivity contribution in [2.75, 3.05) is 0 Å². The molecule has 1 aromatic carbocycles. The van der Waals surface area contributed by atoms with E-state index in [1.807, 2.05) is 36.7 Å². The van der Waals surface area contributed by atoms with Gasteiger partial charge in [-0.05, 0) is 38.2 Å². The molecule has 2 N–H and O–H groups in total. The predicted molar refractivity (Wildman–Crippen MR) is 109 cm³/mol. The molecule has 0 radical (unpaired) electrons. The van der Waals surface area contributed by atoms with E-state index in [4.69, 9.17) is 0 Å². The van der Waals surface area contributed by atoms with Crippen LogP contribution in [0.15, 0.2) is 30.3 Å². The topological polar surface area (TPSA) is 76.0 Å². The second-order valence-corrected chi connectivity index (χ2v) is 7.73. The Morgan fingerprint density at radius 2 is 1.86 bits per heavy atom. The first kappa shape index (κ1) is 20.1. The fourth-order valence-corrected chi connectivity index (χ4v) is 4.09. The number of hydrogen-bond donors (Lipinski definition) is 2. The SMILES string of the molecule is CC(=O)NC(C(=O)NCc1c(C)nn(Cc2ccccc2)c1C)C1CCCC1. The lowest BCUT2D eigenvalue weighted by molar-refractivity contribution is -0.129. The van der Waals surface area contributed by atoms with E-state index in [9.17, 15) is 9.59 Å². The molecule has 1 unspecified atom stereocenters. The summed E-state index contributed by atoms with van der Waals surface area (Å²) < 4.78 is 1.98. The summed E-state index contributed by atoms with van der Waals surface area (Å²) in [6, 6.07) is 9.76. The van der Waals surface area contributed by atoms with Crippen LogP contribution in [0.2, 0.25) is 0 Å². The second-order valence-electron chi connectivity index (χ2n) is 7.73. The van der Waals surface area contributed by atoms with E-state index in [-0.39, 0.29) is 17.7 Å². The number of carbonyl (C=O) groups is 2. The standard InChI is InChI=1S/C22H30N4O2/c1-15-20(16(2)26(25-15)14-18-9-5-4-6-10-18)13-23-22(28)21(24-17(3)27)19-11-7-8-12-19/h4-6,9-10,19,21H,7-8,11-14H2,1-3H3,(H,23,28)(H,24,27). The third-order valence-corrected chi connectivity index (χ3v) is 5.66. The molecule has 0 saturated heterocycles. The molecule has 1 heterocycles. The van der Waals surface area contributed by atoms with Gasteiger partial charge in [-0.2, -0.15) is 5.10 Å². The number of benzene rings is 1. The minimum absolute atomic E-state index is 0.100. The van der Waals surface area contributed by atoms with E-state index in [0.717, 1.165) is 42.6 Å². The van der Waals surface area contributed by atoms with Crippen LogP contribution < -0.4 is 10.6 Å². The summed E-state index contributed by atoms with van der Waals surface area (Å²) in [4.78, 5) is 24.4. The molecule has 0 spiro atoms. The summed E-state index contributed by atoms with van der Waals surface area (Å²) in [5, 5.41) is 10.5. The monoisotopic (exact) mass is 382 g/mol. The molecule has 0 bridgehead atoms.